The van der Waals surface area contributed by atoms with Gasteiger partial charge < -0.3 is 48.8 Å². The number of aliphatic hydroxyl groups excluding tert-OH is 1. The molecule has 0 saturated carbocycles. The van der Waals surface area contributed by atoms with Gasteiger partial charge in [-0.2, -0.15) is 0 Å². The summed E-state index contributed by atoms with van der Waals surface area (Å²) in [5.74, 6) is -5.12. The molecular formula is C28H28O13. The van der Waals surface area contributed by atoms with Gasteiger partial charge in [0.2, 0.25) is 0 Å². The van der Waals surface area contributed by atoms with Crippen LogP contribution in [0.15, 0.2) is 48.6 Å². The van der Waals surface area contributed by atoms with Crippen molar-refractivity contribution in [2.75, 3.05) is 20.8 Å². The van der Waals surface area contributed by atoms with Crippen molar-refractivity contribution in [2.45, 2.75) is 36.6 Å². The quantitative estimate of drug-likeness (QED) is 0.146. The first-order valence-corrected chi connectivity index (χ1v) is 12.3. The fourth-order valence-electron chi connectivity index (χ4n) is 4.36. The third kappa shape index (κ3) is 6.60. The van der Waals surface area contributed by atoms with Gasteiger partial charge in [0.05, 0.1) is 20.6 Å². The van der Waals surface area contributed by atoms with Crippen molar-refractivity contribution in [1.82, 2.24) is 0 Å². The number of benzene rings is 2. The number of rotatable bonds is 9. The average molecular weight is 573 g/mol. The highest BCUT2D eigenvalue weighted by Gasteiger charge is 2.63. The second-order valence-electron chi connectivity index (χ2n) is 9.13. The number of fused-ring (bicyclic) bond motifs is 2. The predicted octanol–water partition coefficient (Wildman–Crippen LogP) is 1.41. The third-order valence-electron chi connectivity index (χ3n) is 6.40. The van der Waals surface area contributed by atoms with Gasteiger partial charge in [0.1, 0.15) is 31.0 Å². The van der Waals surface area contributed by atoms with Gasteiger partial charge in [0.25, 0.3) is 5.79 Å². The maximum atomic E-state index is 12.6. The van der Waals surface area contributed by atoms with Gasteiger partial charge in [-0.05, 0) is 47.5 Å². The van der Waals surface area contributed by atoms with Crippen LogP contribution >= 0.6 is 0 Å². The molecule has 13 nitrogen and oxygen atoms in total. The molecule has 0 radical (unpaired) electrons. The van der Waals surface area contributed by atoms with Crippen molar-refractivity contribution in [3.8, 4) is 23.0 Å². The third-order valence-corrected chi connectivity index (χ3v) is 6.40. The summed E-state index contributed by atoms with van der Waals surface area (Å²) in [6.45, 7) is -0.423. The molecule has 4 rings (SSSR count). The van der Waals surface area contributed by atoms with Crippen LogP contribution in [0, 0.1) is 0 Å². The maximum absolute atomic E-state index is 12.6. The standard InChI is InChI=1S/C28H28O13/c1-36-20-12-16(4-8-18(20)30)6-10-24(33)39-21-13-28(27(35)37-2)40-22(26(41-28)25(21)34)14-38-23(32)9-5-15-3-7-17(29)19(31)11-15/h3-12,21-22,25-26,29-31,34H,13-14H2,1-2H3/t21-,22-,25-,26-,28+/m1/s1. The number of carbonyl (C=O) groups excluding carboxylic acids is 3. The molecule has 2 aromatic carbocycles. The summed E-state index contributed by atoms with van der Waals surface area (Å²) in [5.41, 5.74) is 0.939. The molecular weight excluding hydrogens is 544 g/mol. The van der Waals surface area contributed by atoms with E-state index in [2.05, 4.69) is 0 Å². The summed E-state index contributed by atoms with van der Waals surface area (Å²) in [6, 6.07) is 8.39. The fraction of sp³-hybridized carbons (Fsp3) is 0.321. The fourth-order valence-corrected chi connectivity index (χ4v) is 4.36. The van der Waals surface area contributed by atoms with Crippen LogP contribution in [0.25, 0.3) is 12.2 Å². The highest BCUT2D eigenvalue weighted by Crippen LogP contribution is 2.42. The Labute approximate surface area is 233 Å². The Bertz CT molecular complexity index is 1370. The second kappa shape index (κ2) is 12.3. The van der Waals surface area contributed by atoms with E-state index in [1.807, 2.05) is 0 Å². The van der Waals surface area contributed by atoms with Crippen LogP contribution in [-0.2, 0) is 38.1 Å². The van der Waals surface area contributed by atoms with E-state index in [-0.39, 0.29) is 23.0 Å². The molecule has 2 aliphatic rings. The molecule has 4 N–H and O–H groups in total. The van der Waals surface area contributed by atoms with E-state index in [0.717, 1.165) is 19.3 Å². The van der Waals surface area contributed by atoms with Crippen LogP contribution < -0.4 is 4.74 Å². The number of methoxy groups -OCH3 is 2. The molecule has 0 spiro atoms. The molecule has 0 aliphatic carbocycles. The molecule has 2 aliphatic heterocycles. The zero-order chi connectivity index (χ0) is 29.7. The SMILES string of the molecule is COC(=O)[C@]12C[C@@H](OC(=O)C=Cc3ccc(O)c(OC)c3)[C@@H](O)[C@H](O1)[C@@H](COC(=O)C=Cc1ccc(O)c(O)c1)O2. The Morgan fingerprint density at radius 2 is 1.59 bits per heavy atom. The van der Waals surface area contributed by atoms with E-state index < -0.39 is 61.1 Å². The zero-order valence-corrected chi connectivity index (χ0v) is 22.0. The molecule has 0 amide bonds. The molecule has 218 valence electrons. The monoisotopic (exact) mass is 572 g/mol. The number of hydrogen-bond acceptors (Lipinski definition) is 13. The van der Waals surface area contributed by atoms with E-state index in [9.17, 15) is 34.8 Å². The molecule has 41 heavy (non-hydrogen) atoms. The summed E-state index contributed by atoms with van der Waals surface area (Å²) >= 11 is 0. The number of phenols is 3. The predicted molar refractivity (Wildman–Crippen MR) is 138 cm³/mol. The number of aromatic hydroxyl groups is 3. The van der Waals surface area contributed by atoms with Crippen LogP contribution in [-0.4, -0.2) is 89.4 Å². The molecule has 2 saturated heterocycles. The Morgan fingerprint density at radius 1 is 0.927 bits per heavy atom. The lowest BCUT2D eigenvalue weighted by Crippen LogP contribution is -2.55. The summed E-state index contributed by atoms with van der Waals surface area (Å²) in [6.07, 6.45) is -0.469. The lowest BCUT2D eigenvalue weighted by molar-refractivity contribution is -0.249. The Kier molecular flexibility index (Phi) is 8.81. The van der Waals surface area contributed by atoms with Gasteiger partial charge in [-0.3, -0.25) is 0 Å². The first-order valence-electron chi connectivity index (χ1n) is 12.3. The maximum Gasteiger partial charge on any atom is 0.366 e. The van der Waals surface area contributed by atoms with Crippen molar-refractivity contribution in [1.29, 1.82) is 0 Å². The highest BCUT2D eigenvalue weighted by atomic mass is 16.8. The molecule has 2 heterocycles. The summed E-state index contributed by atoms with van der Waals surface area (Å²) in [4.78, 5) is 37.4. The molecule has 5 atom stereocenters. The number of esters is 3. The zero-order valence-electron chi connectivity index (χ0n) is 22.0. The Hall–Kier alpha value is -4.59. The summed E-state index contributed by atoms with van der Waals surface area (Å²) in [7, 11) is 2.49. The van der Waals surface area contributed by atoms with Crippen LogP contribution in [0.5, 0.6) is 23.0 Å². The largest absolute Gasteiger partial charge is 0.504 e. The number of ether oxygens (including phenoxy) is 6. The van der Waals surface area contributed by atoms with E-state index in [0.29, 0.717) is 11.1 Å². The molecule has 0 unspecified atom stereocenters. The minimum Gasteiger partial charge on any atom is -0.504 e. The van der Waals surface area contributed by atoms with Gasteiger partial charge in [0.15, 0.2) is 23.0 Å². The van der Waals surface area contributed by atoms with E-state index >= 15 is 0 Å². The van der Waals surface area contributed by atoms with Gasteiger partial charge in [0, 0.05) is 12.2 Å². The minimum atomic E-state index is -2.01. The molecule has 2 aromatic rings. The van der Waals surface area contributed by atoms with Crippen molar-refractivity contribution < 1.29 is 63.2 Å². The number of hydrogen-bond donors (Lipinski definition) is 4. The molecule has 2 fully saturated rings. The van der Waals surface area contributed by atoms with E-state index in [1.54, 1.807) is 6.07 Å². The number of aliphatic hydroxyl groups is 1. The number of carbonyl (C=O) groups is 3. The Balaban J connectivity index is 1.41. The normalized spacial score (nSPS) is 25.2. The van der Waals surface area contributed by atoms with Gasteiger partial charge >= 0.3 is 17.9 Å². The van der Waals surface area contributed by atoms with Gasteiger partial charge in [-0.1, -0.05) is 12.1 Å². The van der Waals surface area contributed by atoms with Crippen LogP contribution in [0.1, 0.15) is 17.5 Å². The van der Waals surface area contributed by atoms with E-state index in [1.165, 1.54) is 49.6 Å². The first-order chi connectivity index (χ1) is 19.5. The summed E-state index contributed by atoms with van der Waals surface area (Å²) in [5, 5.41) is 39.5. The topological polar surface area (TPSA) is 188 Å². The van der Waals surface area contributed by atoms with Gasteiger partial charge in [-0.15, -0.1) is 0 Å². The van der Waals surface area contributed by atoms with Crippen molar-refractivity contribution in [2.24, 2.45) is 0 Å². The average Bonchev–Trinajstić information content (AvgIpc) is 3.29. The van der Waals surface area contributed by atoms with Crippen LogP contribution in [0.4, 0.5) is 0 Å². The van der Waals surface area contributed by atoms with Crippen molar-refractivity contribution >= 4 is 30.1 Å². The molecule has 13 heteroatoms. The molecule has 2 bridgehead atoms. The van der Waals surface area contributed by atoms with Gasteiger partial charge in [-0.25, -0.2) is 14.4 Å². The highest BCUT2D eigenvalue weighted by molar-refractivity contribution is 5.88. The lowest BCUT2D eigenvalue weighted by atomic mass is 9.95. The molecule has 0 aromatic heterocycles. The second-order valence-corrected chi connectivity index (χ2v) is 9.13. The van der Waals surface area contributed by atoms with E-state index in [4.69, 9.17) is 28.4 Å². The lowest BCUT2D eigenvalue weighted by Gasteiger charge is -2.36. The summed E-state index contributed by atoms with van der Waals surface area (Å²) < 4.78 is 31.9. The Morgan fingerprint density at radius 3 is 2.24 bits per heavy atom. The van der Waals surface area contributed by atoms with Crippen LogP contribution in [0.3, 0.4) is 0 Å². The first kappa shape index (κ1) is 29.4. The smallest absolute Gasteiger partial charge is 0.366 e. The van der Waals surface area contributed by atoms with Crippen molar-refractivity contribution in [3.63, 3.8) is 0 Å². The van der Waals surface area contributed by atoms with Crippen LogP contribution in [0.2, 0.25) is 0 Å². The number of phenolic OH excluding ortho intramolecular Hbond substituents is 3. The van der Waals surface area contributed by atoms with Crippen molar-refractivity contribution in [3.05, 3.63) is 59.7 Å². The minimum absolute atomic E-state index is 0.0741.